The molecule has 0 aliphatic heterocycles. The first-order valence-corrected chi connectivity index (χ1v) is 4.67. The van der Waals surface area contributed by atoms with E-state index in [2.05, 4.69) is 6.58 Å². The van der Waals surface area contributed by atoms with E-state index >= 15 is 0 Å². The van der Waals surface area contributed by atoms with Crippen LogP contribution in [0.15, 0.2) is 35.5 Å². The van der Waals surface area contributed by atoms with Crippen LogP contribution < -0.4 is 0 Å². The number of aliphatic hydroxyl groups excluding tert-OH is 1. The van der Waals surface area contributed by atoms with Crippen molar-refractivity contribution < 1.29 is 9.52 Å². The van der Waals surface area contributed by atoms with Crippen molar-refractivity contribution in [1.29, 1.82) is 0 Å². The van der Waals surface area contributed by atoms with Crippen molar-refractivity contribution in [2.24, 2.45) is 11.8 Å². The van der Waals surface area contributed by atoms with Gasteiger partial charge in [0.05, 0.1) is 6.26 Å². The smallest absolute Gasteiger partial charge is 0.132 e. The lowest BCUT2D eigenvalue weighted by atomic mass is 9.95. The molecule has 0 aromatic carbocycles. The average molecular weight is 178 g/mol. The van der Waals surface area contributed by atoms with Crippen LogP contribution in [0.5, 0.6) is 0 Å². The first kappa shape index (κ1) is 8.57. The number of aliphatic hydroxyl groups is 1. The predicted molar refractivity (Wildman–Crippen MR) is 50.1 cm³/mol. The topological polar surface area (TPSA) is 33.4 Å². The summed E-state index contributed by atoms with van der Waals surface area (Å²) >= 11 is 0. The van der Waals surface area contributed by atoms with Gasteiger partial charge in [-0.05, 0) is 30.9 Å². The average Bonchev–Trinajstić information content (AvgIpc) is 2.83. The second kappa shape index (κ2) is 3.38. The summed E-state index contributed by atoms with van der Waals surface area (Å²) in [5.41, 5.74) is 0. The first-order valence-electron chi connectivity index (χ1n) is 4.67. The molecule has 2 atom stereocenters. The lowest BCUT2D eigenvalue weighted by Gasteiger charge is -2.16. The number of hydrogen-bond acceptors (Lipinski definition) is 2. The molecule has 1 N–H and O–H groups in total. The Hall–Kier alpha value is -1.02. The van der Waals surface area contributed by atoms with E-state index in [4.69, 9.17) is 4.42 Å². The Labute approximate surface area is 77.9 Å². The summed E-state index contributed by atoms with van der Waals surface area (Å²) in [7, 11) is 0. The fraction of sp³-hybridized carbons (Fsp3) is 0.455. The van der Waals surface area contributed by atoms with Crippen molar-refractivity contribution in [1.82, 2.24) is 0 Å². The highest BCUT2D eigenvalue weighted by atomic mass is 16.4. The third-order valence-corrected chi connectivity index (χ3v) is 2.64. The second-order valence-corrected chi connectivity index (χ2v) is 3.61. The zero-order chi connectivity index (χ0) is 9.26. The molecule has 1 aromatic heterocycles. The van der Waals surface area contributed by atoms with Crippen molar-refractivity contribution in [3.05, 3.63) is 36.8 Å². The molecule has 0 unspecified atom stereocenters. The van der Waals surface area contributed by atoms with Crippen LogP contribution in [-0.4, -0.2) is 5.11 Å². The maximum atomic E-state index is 9.91. The summed E-state index contributed by atoms with van der Waals surface area (Å²) in [6.45, 7) is 3.75. The van der Waals surface area contributed by atoms with Crippen molar-refractivity contribution in [2.75, 3.05) is 0 Å². The quantitative estimate of drug-likeness (QED) is 0.719. The van der Waals surface area contributed by atoms with E-state index < -0.39 is 6.10 Å². The van der Waals surface area contributed by atoms with Gasteiger partial charge in [-0.1, -0.05) is 6.08 Å². The lowest BCUT2D eigenvalue weighted by Crippen LogP contribution is -2.11. The van der Waals surface area contributed by atoms with Gasteiger partial charge in [0.15, 0.2) is 0 Å². The second-order valence-electron chi connectivity index (χ2n) is 3.61. The van der Waals surface area contributed by atoms with Gasteiger partial charge in [-0.3, -0.25) is 0 Å². The molecule has 0 radical (unpaired) electrons. The molecule has 0 spiro atoms. The van der Waals surface area contributed by atoms with Crippen LogP contribution in [0.4, 0.5) is 0 Å². The Morgan fingerprint density at radius 1 is 1.62 bits per heavy atom. The molecule has 1 aliphatic rings. The molecule has 1 aliphatic carbocycles. The van der Waals surface area contributed by atoms with E-state index in [0.29, 0.717) is 11.7 Å². The molecule has 1 fully saturated rings. The fourth-order valence-corrected chi connectivity index (χ4v) is 1.71. The molecule has 0 saturated heterocycles. The lowest BCUT2D eigenvalue weighted by molar-refractivity contribution is 0.0972. The van der Waals surface area contributed by atoms with E-state index in [9.17, 15) is 5.11 Å². The molecule has 0 amide bonds. The molecular formula is C11H14O2. The molecule has 13 heavy (non-hydrogen) atoms. The summed E-state index contributed by atoms with van der Waals surface area (Å²) in [6, 6.07) is 3.61. The molecular weight excluding hydrogens is 164 g/mol. The van der Waals surface area contributed by atoms with Crippen LogP contribution >= 0.6 is 0 Å². The minimum Gasteiger partial charge on any atom is -0.467 e. The Balaban J connectivity index is 2.09. The maximum absolute atomic E-state index is 9.91. The molecule has 0 bridgehead atoms. The Bertz CT molecular complexity index is 272. The zero-order valence-corrected chi connectivity index (χ0v) is 7.52. The number of rotatable bonds is 4. The summed E-state index contributed by atoms with van der Waals surface area (Å²) in [4.78, 5) is 0. The molecule has 70 valence electrons. The highest BCUT2D eigenvalue weighted by molar-refractivity contribution is 5.08. The van der Waals surface area contributed by atoms with Crippen LogP contribution in [0.3, 0.4) is 0 Å². The van der Waals surface area contributed by atoms with Gasteiger partial charge in [-0.25, -0.2) is 0 Å². The largest absolute Gasteiger partial charge is 0.467 e. The summed E-state index contributed by atoms with van der Waals surface area (Å²) in [5.74, 6) is 1.42. The van der Waals surface area contributed by atoms with Crippen LogP contribution in [0.1, 0.15) is 24.7 Å². The first-order chi connectivity index (χ1) is 6.33. The van der Waals surface area contributed by atoms with E-state index in [0.717, 1.165) is 0 Å². The minimum absolute atomic E-state index is 0.158. The van der Waals surface area contributed by atoms with Gasteiger partial charge >= 0.3 is 0 Å². The highest BCUT2D eigenvalue weighted by Gasteiger charge is 2.35. The SMILES string of the molecule is C=C[C@H](C1CC1)[C@H](O)c1ccco1. The summed E-state index contributed by atoms with van der Waals surface area (Å²) < 4.78 is 5.16. The highest BCUT2D eigenvalue weighted by Crippen LogP contribution is 2.43. The third-order valence-electron chi connectivity index (χ3n) is 2.64. The molecule has 1 aromatic rings. The van der Waals surface area contributed by atoms with Gasteiger partial charge in [0.2, 0.25) is 0 Å². The Kier molecular flexibility index (Phi) is 2.23. The molecule has 2 nitrogen and oxygen atoms in total. The Morgan fingerprint density at radius 2 is 2.38 bits per heavy atom. The normalized spacial score (nSPS) is 21.0. The third kappa shape index (κ3) is 1.68. The van der Waals surface area contributed by atoms with Crippen LogP contribution in [-0.2, 0) is 0 Å². The van der Waals surface area contributed by atoms with Crippen molar-refractivity contribution in [3.63, 3.8) is 0 Å². The van der Waals surface area contributed by atoms with Gasteiger partial charge in [0.25, 0.3) is 0 Å². The van der Waals surface area contributed by atoms with E-state index in [1.165, 1.54) is 12.8 Å². The van der Waals surface area contributed by atoms with Crippen molar-refractivity contribution in [3.8, 4) is 0 Å². The summed E-state index contributed by atoms with van der Waals surface area (Å²) in [5, 5.41) is 9.91. The molecule has 2 heteroatoms. The monoisotopic (exact) mass is 178 g/mol. The van der Waals surface area contributed by atoms with Crippen LogP contribution in [0, 0.1) is 11.8 Å². The molecule has 2 rings (SSSR count). The van der Waals surface area contributed by atoms with Crippen LogP contribution in [0.2, 0.25) is 0 Å². The maximum Gasteiger partial charge on any atom is 0.132 e. The standard InChI is InChI=1S/C11H14O2/c1-2-9(8-5-6-8)11(12)10-4-3-7-13-10/h2-4,7-9,11-12H,1,5-6H2/t9-,11+/m1/s1. The molecule has 1 heterocycles. The summed E-state index contributed by atoms with van der Waals surface area (Å²) in [6.07, 6.45) is 5.32. The minimum atomic E-state index is -0.514. The van der Waals surface area contributed by atoms with Crippen LogP contribution in [0.25, 0.3) is 0 Å². The number of hydrogen-bond donors (Lipinski definition) is 1. The van der Waals surface area contributed by atoms with Crippen molar-refractivity contribution in [2.45, 2.75) is 18.9 Å². The van der Waals surface area contributed by atoms with Gasteiger partial charge in [-0.2, -0.15) is 0 Å². The van der Waals surface area contributed by atoms with Gasteiger partial charge in [0.1, 0.15) is 11.9 Å². The van der Waals surface area contributed by atoms with Crippen molar-refractivity contribution >= 4 is 0 Å². The van der Waals surface area contributed by atoms with E-state index in [1.807, 2.05) is 12.1 Å². The fourth-order valence-electron chi connectivity index (χ4n) is 1.71. The van der Waals surface area contributed by atoms with Gasteiger partial charge in [-0.15, -0.1) is 6.58 Å². The molecule has 1 saturated carbocycles. The Morgan fingerprint density at radius 3 is 2.85 bits per heavy atom. The van der Waals surface area contributed by atoms with Gasteiger partial charge in [0, 0.05) is 5.92 Å². The van der Waals surface area contributed by atoms with Gasteiger partial charge < -0.3 is 9.52 Å². The van der Waals surface area contributed by atoms with E-state index in [-0.39, 0.29) is 5.92 Å². The predicted octanol–water partition coefficient (Wildman–Crippen LogP) is 2.53. The van der Waals surface area contributed by atoms with E-state index in [1.54, 1.807) is 12.3 Å². The number of furan rings is 1. The zero-order valence-electron chi connectivity index (χ0n) is 7.52.